The predicted octanol–water partition coefficient (Wildman–Crippen LogP) is 4.56. The first-order valence-corrected chi connectivity index (χ1v) is 9.89. The first-order valence-electron chi connectivity index (χ1n) is 9.89. The lowest BCUT2D eigenvalue weighted by atomic mass is 10.1. The quantitative estimate of drug-likeness (QED) is 0.712. The summed E-state index contributed by atoms with van der Waals surface area (Å²) in [5, 5.41) is 2.89. The largest absolute Gasteiger partial charge is 0.573 e. The molecule has 3 rings (SSSR count). The Labute approximate surface area is 174 Å². The van der Waals surface area contributed by atoms with Crippen LogP contribution in [0.3, 0.4) is 0 Å². The van der Waals surface area contributed by atoms with E-state index < -0.39 is 6.36 Å². The number of halogens is 3. The minimum atomic E-state index is -4.76. The molecule has 162 valence electrons. The molecule has 1 saturated heterocycles. The number of alkyl halides is 3. The molecule has 0 spiro atoms. The molecule has 1 aliphatic heterocycles. The summed E-state index contributed by atoms with van der Waals surface area (Å²) in [6, 6.07) is 11.9. The van der Waals surface area contributed by atoms with Crippen LogP contribution < -0.4 is 15.0 Å². The Balaban J connectivity index is 1.58. The zero-order chi connectivity index (χ0) is 21.7. The highest BCUT2D eigenvalue weighted by Crippen LogP contribution is 2.27. The molecule has 0 unspecified atom stereocenters. The normalized spacial score (nSPS) is 14.3. The van der Waals surface area contributed by atoms with Crippen LogP contribution >= 0.6 is 0 Å². The molecular weight excluding hydrogens is 395 g/mol. The SMILES string of the molecule is Cc1cc(N2CCCC2)ccc1NC(=O)CN(C)Cc1ccccc1OC(F)(F)F. The molecule has 0 bridgehead atoms. The molecule has 8 heteroatoms. The zero-order valence-electron chi connectivity index (χ0n) is 17.1. The van der Waals surface area contributed by atoms with Gasteiger partial charge in [0.25, 0.3) is 0 Å². The maximum atomic E-state index is 12.6. The summed E-state index contributed by atoms with van der Waals surface area (Å²) in [6.07, 6.45) is -2.37. The summed E-state index contributed by atoms with van der Waals surface area (Å²) < 4.78 is 41.8. The predicted molar refractivity (Wildman–Crippen MR) is 111 cm³/mol. The highest BCUT2D eigenvalue weighted by molar-refractivity contribution is 5.93. The van der Waals surface area contributed by atoms with Crippen molar-refractivity contribution in [3.05, 3.63) is 53.6 Å². The molecule has 2 aromatic rings. The summed E-state index contributed by atoms with van der Waals surface area (Å²) >= 11 is 0. The van der Waals surface area contributed by atoms with Crippen LogP contribution in [0.5, 0.6) is 5.75 Å². The van der Waals surface area contributed by atoms with E-state index in [1.165, 1.54) is 25.0 Å². The van der Waals surface area contributed by atoms with E-state index in [9.17, 15) is 18.0 Å². The van der Waals surface area contributed by atoms with Crippen molar-refractivity contribution in [2.45, 2.75) is 32.7 Å². The molecule has 1 amide bonds. The van der Waals surface area contributed by atoms with Crippen LogP contribution in [0.15, 0.2) is 42.5 Å². The van der Waals surface area contributed by atoms with Crippen molar-refractivity contribution in [2.24, 2.45) is 0 Å². The van der Waals surface area contributed by atoms with Gasteiger partial charge in [-0.25, -0.2) is 0 Å². The number of aryl methyl sites for hydroxylation is 1. The second kappa shape index (κ2) is 9.38. The minimum Gasteiger partial charge on any atom is -0.405 e. The van der Waals surface area contributed by atoms with E-state index in [0.717, 1.165) is 30.0 Å². The van der Waals surface area contributed by atoms with Crippen LogP contribution in [0, 0.1) is 6.92 Å². The average Bonchev–Trinajstić information content (AvgIpc) is 3.18. The Morgan fingerprint density at radius 2 is 1.87 bits per heavy atom. The summed E-state index contributed by atoms with van der Waals surface area (Å²) in [4.78, 5) is 16.4. The number of para-hydroxylation sites is 1. The zero-order valence-corrected chi connectivity index (χ0v) is 17.1. The number of nitrogens with zero attached hydrogens (tertiary/aromatic N) is 2. The van der Waals surface area contributed by atoms with Gasteiger partial charge in [0.05, 0.1) is 6.54 Å². The van der Waals surface area contributed by atoms with E-state index in [1.54, 1.807) is 24.1 Å². The Kier molecular flexibility index (Phi) is 6.87. The van der Waals surface area contributed by atoms with Gasteiger partial charge in [-0.3, -0.25) is 9.69 Å². The highest BCUT2D eigenvalue weighted by atomic mass is 19.4. The summed E-state index contributed by atoms with van der Waals surface area (Å²) in [5.74, 6) is -0.491. The number of hydrogen-bond acceptors (Lipinski definition) is 4. The van der Waals surface area contributed by atoms with Gasteiger partial charge < -0.3 is 15.0 Å². The number of ether oxygens (including phenoxy) is 1. The van der Waals surface area contributed by atoms with Crippen molar-refractivity contribution in [1.29, 1.82) is 0 Å². The molecule has 1 heterocycles. The van der Waals surface area contributed by atoms with E-state index in [-0.39, 0.29) is 24.7 Å². The van der Waals surface area contributed by atoms with E-state index in [4.69, 9.17) is 0 Å². The Morgan fingerprint density at radius 3 is 2.53 bits per heavy atom. The monoisotopic (exact) mass is 421 g/mol. The molecule has 0 aromatic heterocycles. The third kappa shape index (κ3) is 6.13. The molecule has 5 nitrogen and oxygen atoms in total. The standard InChI is InChI=1S/C22H26F3N3O2/c1-16-13-18(28-11-5-6-12-28)9-10-19(16)26-21(29)15-27(2)14-17-7-3-4-8-20(17)30-22(23,24)25/h3-4,7-10,13H,5-6,11-12,14-15H2,1-2H3,(H,26,29). The van der Waals surface area contributed by atoms with Gasteiger partial charge in [-0.2, -0.15) is 0 Å². The Morgan fingerprint density at radius 1 is 1.17 bits per heavy atom. The van der Waals surface area contributed by atoms with Crippen LogP contribution in [0.4, 0.5) is 24.5 Å². The lowest BCUT2D eigenvalue weighted by Gasteiger charge is -2.21. The molecular formula is C22H26F3N3O2. The molecule has 30 heavy (non-hydrogen) atoms. The maximum absolute atomic E-state index is 12.6. The van der Waals surface area contributed by atoms with Crippen LogP contribution in [0.2, 0.25) is 0 Å². The number of amides is 1. The van der Waals surface area contributed by atoms with Crippen LogP contribution in [-0.4, -0.2) is 43.9 Å². The van der Waals surface area contributed by atoms with Gasteiger partial charge in [-0.05, 0) is 56.6 Å². The number of likely N-dealkylation sites (N-methyl/N-ethyl adjacent to an activating group) is 1. The van der Waals surface area contributed by atoms with Gasteiger partial charge in [-0.15, -0.1) is 13.2 Å². The van der Waals surface area contributed by atoms with Crippen molar-refractivity contribution in [1.82, 2.24) is 4.90 Å². The van der Waals surface area contributed by atoms with Crippen LogP contribution in [-0.2, 0) is 11.3 Å². The van der Waals surface area contributed by atoms with Gasteiger partial charge in [-0.1, -0.05) is 18.2 Å². The van der Waals surface area contributed by atoms with E-state index in [0.29, 0.717) is 5.56 Å². The van der Waals surface area contributed by atoms with Crippen LogP contribution in [0.25, 0.3) is 0 Å². The van der Waals surface area contributed by atoms with Crippen molar-refractivity contribution in [3.63, 3.8) is 0 Å². The third-order valence-corrected chi connectivity index (χ3v) is 5.01. The first-order chi connectivity index (χ1) is 14.2. The molecule has 2 aromatic carbocycles. The molecule has 1 aliphatic rings. The van der Waals surface area contributed by atoms with Crippen molar-refractivity contribution >= 4 is 17.3 Å². The van der Waals surface area contributed by atoms with Gasteiger partial charge in [0.15, 0.2) is 0 Å². The second-order valence-corrected chi connectivity index (χ2v) is 7.57. The summed E-state index contributed by atoms with van der Waals surface area (Å²) in [7, 11) is 1.67. The fraction of sp³-hybridized carbons (Fsp3) is 0.409. The number of carbonyl (C=O) groups is 1. The van der Waals surface area contributed by atoms with E-state index in [1.807, 2.05) is 19.1 Å². The van der Waals surface area contributed by atoms with Gasteiger partial charge >= 0.3 is 6.36 Å². The van der Waals surface area contributed by atoms with E-state index in [2.05, 4.69) is 21.0 Å². The molecule has 0 aliphatic carbocycles. The molecule has 0 saturated carbocycles. The smallest absolute Gasteiger partial charge is 0.405 e. The average molecular weight is 421 g/mol. The second-order valence-electron chi connectivity index (χ2n) is 7.57. The summed E-state index contributed by atoms with van der Waals surface area (Å²) in [5.41, 5.74) is 3.22. The number of hydrogen-bond donors (Lipinski definition) is 1. The molecule has 0 radical (unpaired) electrons. The topological polar surface area (TPSA) is 44.8 Å². The summed E-state index contributed by atoms with van der Waals surface area (Å²) in [6.45, 7) is 4.23. The van der Waals surface area contributed by atoms with Crippen molar-refractivity contribution in [2.75, 3.05) is 36.9 Å². The number of anilines is 2. The number of nitrogens with one attached hydrogen (secondary N) is 1. The lowest BCUT2D eigenvalue weighted by Crippen LogP contribution is -2.30. The molecule has 0 atom stereocenters. The fourth-order valence-corrected chi connectivity index (χ4v) is 3.60. The first kappa shape index (κ1) is 22.0. The van der Waals surface area contributed by atoms with Gasteiger partial charge in [0, 0.05) is 36.6 Å². The maximum Gasteiger partial charge on any atom is 0.573 e. The van der Waals surface area contributed by atoms with E-state index >= 15 is 0 Å². The number of carbonyl (C=O) groups excluding carboxylic acids is 1. The van der Waals surface area contributed by atoms with Gasteiger partial charge in [0.2, 0.25) is 5.91 Å². The lowest BCUT2D eigenvalue weighted by molar-refractivity contribution is -0.275. The van der Waals surface area contributed by atoms with Crippen LogP contribution in [0.1, 0.15) is 24.0 Å². The van der Waals surface area contributed by atoms with Crippen molar-refractivity contribution in [3.8, 4) is 5.75 Å². The fourth-order valence-electron chi connectivity index (χ4n) is 3.60. The van der Waals surface area contributed by atoms with Gasteiger partial charge in [0.1, 0.15) is 5.75 Å². The molecule has 1 N–H and O–H groups in total. The molecule has 1 fully saturated rings. The highest BCUT2D eigenvalue weighted by Gasteiger charge is 2.32. The Bertz CT molecular complexity index is 880. The number of rotatable bonds is 7. The number of benzene rings is 2. The minimum absolute atomic E-state index is 0.0354. The van der Waals surface area contributed by atoms with Crippen molar-refractivity contribution < 1.29 is 22.7 Å². The Hall–Kier alpha value is -2.74. The third-order valence-electron chi connectivity index (χ3n) is 5.01.